The van der Waals surface area contributed by atoms with E-state index < -0.39 is 0 Å². The van der Waals surface area contributed by atoms with Crippen LogP contribution >= 0.6 is 67.8 Å². The molecule has 0 aliphatic carbocycles. The van der Waals surface area contributed by atoms with E-state index in [1.54, 1.807) is 0 Å². The topological polar surface area (TPSA) is 41.6 Å². The molecule has 0 bridgehead atoms. The average Bonchev–Trinajstić information content (AvgIpc) is 2.42. The fourth-order valence-electron chi connectivity index (χ4n) is 1.98. The minimum atomic E-state index is 0.182. The summed E-state index contributed by atoms with van der Waals surface area (Å²) in [6, 6.07) is 4.16. The number of carbonyl (C=O) groups is 1. The van der Waals surface area contributed by atoms with Crippen LogP contribution in [0.5, 0.6) is 5.75 Å². The van der Waals surface area contributed by atoms with Crippen LogP contribution in [0, 0.1) is 10.7 Å². The van der Waals surface area contributed by atoms with E-state index in [2.05, 4.69) is 85.2 Å². The summed E-state index contributed by atoms with van der Waals surface area (Å²) >= 11 is 6.84. The van der Waals surface area contributed by atoms with Gasteiger partial charge in [0.05, 0.1) is 20.2 Å². The molecule has 0 aromatic heterocycles. The molecule has 1 aliphatic heterocycles. The maximum atomic E-state index is 12.0. The Balaban J connectivity index is 1.85. The first kappa shape index (κ1) is 17.0. The monoisotopic (exact) mass is 612 g/mol. The van der Waals surface area contributed by atoms with Gasteiger partial charge in [0.25, 0.3) is 0 Å². The summed E-state index contributed by atoms with van der Waals surface area (Å²) in [6.45, 7) is 3.82. The summed E-state index contributed by atoms with van der Waals surface area (Å²) in [7, 11) is 0. The van der Waals surface area contributed by atoms with Crippen molar-refractivity contribution in [1.29, 1.82) is 0 Å². The molecular formula is C13H15I3N2O2. The Labute approximate surface area is 159 Å². The number of hydrogen-bond donors (Lipinski definition) is 1. The van der Waals surface area contributed by atoms with Gasteiger partial charge in [-0.15, -0.1) is 0 Å². The first-order valence-corrected chi connectivity index (χ1v) is 9.57. The fraction of sp³-hybridized carbons (Fsp3) is 0.462. The third-order valence-corrected chi connectivity index (χ3v) is 5.22. The van der Waals surface area contributed by atoms with Gasteiger partial charge < -0.3 is 15.0 Å². The van der Waals surface area contributed by atoms with E-state index in [1.165, 1.54) is 3.57 Å². The first-order chi connectivity index (χ1) is 9.58. The molecule has 20 heavy (non-hydrogen) atoms. The highest BCUT2D eigenvalue weighted by atomic mass is 127. The Hall–Kier alpha value is 0.640. The molecular weight excluding hydrogens is 597 g/mol. The predicted octanol–water partition coefficient (Wildman–Crippen LogP) is 2.70. The van der Waals surface area contributed by atoms with Crippen LogP contribution < -0.4 is 10.1 Å². The van der Waals surface area contributed by atoms with E-state index in [4.69, 9.17) is 4.74 Å². The number of nitrogens with zero attached hydrogens (tertiary/aromatic N) is 1. The average molecular weight is 612 g/mol. The number of amides is 1. The molecule has 0 radical (unpaired) electrons. The van der Waals surface area contributed by atoms with Gasteiger partial charge in [-0.05, 0) is 79.9 Å². The summed E-state index contributed by atoms with van der Waals surface area (Å²) in [4.78, 5) is 13.9. The maximum Gasteiger partial charge on any atom is 0.226 e. The highest BCUT2D eigenvalue weighted by Crippen LogP contribution is 2.29. The van der Waals surface area contributed by atoms with Gasteiger partial charge >= 0.3 is 0 Å². The largest absolute Gasteiger partial charge is 0.491 e. The number of rotatable bonds is 4. The van der Waals surface area contributed by atoms with Gasteiger partial charge in [0.2, 0.25) is 5.91 Å². The van der Waals surface area contributed by atoms with Crippen LogP contribution in [0.1, 0.15) is 6.42 Å². The smallest absolute Gasteiger partial charge is 0.226 e. The molecule has 1 aromatic rings. The number of ether oxygens (including phenoxy) is 1. The van der Waals surface area contributed by atoms with Gasteiger partial charge in [0, 0.05) is 29.7 Å². The molecule has 1 heterocycles. The van der Waals surface area contributed by atoms with Crippen molar-refractivity contribution in [3.05, 3.63) is 22.8 Å². The Kier molecular flexibility index (Phi) is 7.07. The molecule has 7 heteroatoms. The number of piperazine rings is 1. The highest BCUT2D eigenvalue weighted by molar-refractivity contribution is 14.1. The summed E-state index contributed by atoms with van der Waals surface area (Å²) in [5, 5.41) is 3.24. The number of nitrogens with one attached hydrogen (secondary N) is 1. The van der Waals surface area contributed by atoms with Crippen LogP contribution in [0.2, 0.25) is 0 Å². The molecule has 1 N–H and O–H groups in total. The molecule has 4 nitrogen and oxygen atoms in total. The lowest BCUT2D eigenvalue weighted by Crippen LogP contribution is -2.46. The summed E-state index contributed by atoms with van der Waals surface area (Å²) in [5.74, 6) is 1.07. The molecule has 1 aromatic carbocycles. The van der Waals surface area contributed by atoms with Gasteiger partial charge in [-0.2, -0.15) is 0 Å². The first-order valence-electron chi connectivity index (χ1n) is 6.34. The number of halogens is 3. The lowest BCUT2D eigenvalue weighted by Gasteiger charge is -2.27. The van der Waals surface area contributed by atoms with Crippen molar-refractivity contribution < 1.29 is 9.53 Å². The van der Waals surface area contributed by atoms with Crippen LogP contribution in [0.4, 0.5) is 0 Å². The molecule has 1 saturated heterocycles. The van der Waals surface area contributed by atoms with E-state index in [0.29, 0.717) is 13.0 Å². The SMILES string of the molecule is O=C(CCOc1c(I)cc(I)cc1I)N1CCNCC1. The van der Waals surface area contributed by atoms with E-state index in [1.807, 2.05) is 4.90 Å². The predicted molar refractivity (Wildman–Crippen MR) is 104 cm³/mol. The van der Waals surface area contributed by atoms with Crippen LogP contribution in [0.3, 0.4) is 0 Å². The summed E-state index contributed by atoms with van der Waals surface area (Å²) < 4.78 is 9.18. The molecule has 0 atom stereocenters. The second kappa shape index (κ2) is 8.32. The third kappa shape index (κ3) is 4.83. The zero-order valence-corrected chi connectivity index (χ0v) is 17.3. The van der Waals surface area contributed by atoms with Crippen molar-refractivity contribution in [3.63, 3.8) is 0 Å². The van der Waals surface area contributed by atoms with Crippen molar-refractivity contribution in [1.82, 2.24) is 10.2 Å². The summed E-state index contributed by atoms with van der Waals surface area (Å²) in [6.07, 6.45) is 0.443. The van der Waals surface area contributed by atoms with Crippen molar-refractivity contribution in [2.75, 3.05) is 32.8 Å². The van der Waals surface area contributed by atoms with E-state index in [-0.39, 0.29) is 5.91 Å². The van der Waals surface area contributed by atoms with Gasteiger partial charge in [-0.25, -0.2) is 0 Å². The van der Waals surface area contributed by atoms with Crippen LogP contribution in [-0.4, -0.2) is 43.6 Å². The molecule has 0 saturated carbocycles. The highest BCUT2D eigenvalue weighted by Gasteiger charge is 2.16. The Morgan fingerprint density at radius 2 is 1.80 bits per heavy atom. The Morgan fingerprint density at radius 1 is 1.20 bits per heavy atom. The fourth-order valence-corrected chi connectivity index (χ4v) is 5.87. The zero-order chi connectivity index (χ0) is 14.5. The minimum Gasteiger partial charge on any atom is -0.491 e. The summed E-state index contributed by atoms with van der Waals surface area (Å²) in [5.41, 5.74) is 0. The van der Waals surface area contributed by atoms with Crippen LogP contribution in [0.25, 0.3) is 0 Å². The lowest BCUT2D eigenvalue weighted by atomic mass is 10.3. The van der Waals surface area contributed by atoms with Gasteiger partial charge in [0.1, 0.15) is 5.75 Å². The van der Waals surface area contributed by atoms with E-state index >= 15 is 0 Å². The molecule has 1 aliphatic rings. The van der Waals surface area contributed by atoms with Crippen molar-refractivity contribution >= 4 is 73.7 Å². The number of carbonyl (C=O) groups excluding carboxylic acids is 1. The van der Waals surface area contributed by atoms with Gasteiger partial charge in [0.15, 0.2) is 0 Å². The van der Waals surface area contributed by atoms with Crippen LogP contribution in [-0.2, 0) is 4.79 Å². The van der Waals surface area contributed by atoms with Gasteiger partial charge in [-0.1, -0.05) is 0 Å². The second-order valence-electron chi connectivity index (χ2n) is 4.43. The second-order valence-corrected chi connectivity index (χ2v) is 8.00. The standard InChI is InChI=1S/C13H15I3N2O2/c14-9-7-10(15)13(11(16)8-9)20-6-1-12(19)18-4-2-17-3-5-18/h7-8,17H,1-6H2. The molecule has 0 spiro atoms. The minimum absolute atomic E-state index is 0.182. The van der Waals surface area contributed by atoms with Crippen molar-refractivity contribution in [3.8, 4) is 5.75 Å². The molecule has 1 amide bonds. The normalized spacial score (nSPS) is 15.2. The van der Waals surface area contributed by atoms with E-state index in [9.17, 15) is 4.79 Å². The Morgan fingerprint density at radius 3 is 2.40 bits per heavy atom. The Bertz CT molecular complexity index is 467. The third-order valence-electron chi connectivity index (χ3n) is 3.00. The molecule has 2 rings (SSSR count). The maximum absolute atomic E-state index is 12.0. The lowest BCUT2D eigenvalue weighted by molar-refractivity contribution is -0.132. The quantitative estimate of drug-likeness (QED) is 0.533. The van der Waals surface area contributed by atoms with Crippen molar-refractivity contribution in [2.24, 2.45) is 0 Å². The molecule has 1 fully saturated rings. The number of hydrogen-bond acceptors (Lipinski definition) is 3. The molecule has 0 unspecified atom stereocenters. The van der Waals surface area contributed by atoms with Crippen LogP contribution in [0.15, 0.2) is 12.1 Å². The number of benzene rings is 1. The molecule has 110 valence electrons. The van der Waals surface area contributed by atoms with Crippen molar-refractivity contribution in [2.45, 2.75) is 6.42 Å². The zero-order valence-electron chi connectivity index (χ0n) is 10.8. The van der Waals surface area contributed by atoms with Gasteiger partial charge in [-0.3, -0.25) is 4.79 Å². The van der Waals surface area contributed by atoms with E-state index in [0.717, 1.165) is 39.1 Å².